The number of aliphatic carboxylic acids is 1. The molecule has 1 N–H and O–H groups in total. The zero-order chi connectivity index (χ0) is 19.6. The van der Waals surface area contributed by atoms with Gasteiger partial charge in [-0.2, -0.15) is 0 Å². The van der Waals surface area contributed by atoms with Crippen molar-refractivity contribution in [1.29, 1.82) is 0 Å². The van der Waals surface area contributed by atoms with Gasteiger partial charge in [0.25, 0.3) is 0 Å². The minimum atomic E-state index is -0.895. The predicted octanol–water partition coefficient (Wildman–Crippen LogP) is 1.99. The molecule has 0 bridgehead atoms. The van der Waals surface area contributed by atoms with E-state index < -0.39 is 12.0 Å². The molecule has 0 aliphatic carbocycles. The molecule has 7 heteroatoms. The molecular weight excluding hydrogens is 348 g/mol. The number of rotatable bonds is 5. The summed E-state index contributed by atoms with van der Waals surface area (Å²) in [5.41, 5.74) is 1.06. The van der Waals surface area contributed by atoms with E-state index in [9.17, 15) is 14.7 Å². The smallest absolute Gasteiger partial charge is 0.326 e. The van der Waals surface area contributed by atoms with Crippen LogP contribution in [-0.4, -0.2) is 66.7 Å². The summed E-state index contributed by atoms with van der Waals surface area (Å²) in [6.45, 7) is 4.58. The summed E-state index contributed by atoms with van der Waals surface area (Å²) >= 11 is 0. The Hall–Kier alpha value is -2.28. The Morgan fingerprint density at radius 3 is 2.19 bits per heavy atom. The normalized spacial score (nSPS) is 22.0. The van der Waals surface area contributed by atoms with Crippen LogP contribution in [0.15, 0.2) is 18.2 Å². The van der Waals surface area contributed by atoms with Gasteiger partial charge in [-0.15, -0.1) is 0 Å². The van der Waals surface area contributed by atoms with E-state index in [1.807, 2.05) is 18.2 Å². The fourth-order valence-corrected chi connectivity index (χ4v) is 4.37. The molecule has 2 fully saturated rings. The van der Waals surface area contributed by atoms with E-state index in [4.69, 9.17) is 9.47 Å². The lowest BCUT2D eigenvalue weighted by molar-refractivity contribution is -0.147. The number of carbonyl (C=O) groups excluding carboxylic acids is 1. The largest absolute Gasteiger partial charge is 0.497 e. The number of benzene rings is 1. The first kappa shape index (κ1) is 19.5. The van der Waals surface area contributed by atoms with Crippen LogP contribution in [0.2, 0.25) is 0 Å². The van der Waals surface area contributed by atoms with Crippen molar-refractivity contribution in [3.63, 3.8) is 0 Å². The molecule has 1 aromatic carbocycles. The lowest BCUT2D eigenvalue weighted by Gasteiger charge is -2.39. The van der Waals surface area contributed by atoms with Crippen molar-refractivity contribution in [3.8, 4) is 11.5 Å². The maximum absolute atomic E-state index is 11.8. The van der Waals surface area contributed by atoms with Gasteiger partial charge in [-0.3, -0.25) is 9.69 Å². The summed E-state index contributed by atoms with van der Waals surface area (Å²) in [4.78, 5) is 27.3. The van der Waals surface area contributed by atoms with Crippen molar-refractivity contribution in [2.45, 2.75) is 38.8 Å². The number of likely N-dealkylation sites (tertiary alicyclic amines) is 2. The van der Waals surface area contributed by atoms with Gasteiger partial charge in [0, 0.05) is 26.1 Å². The van der Waals surface area contributed by atoms with Crippen LogP contribution in [0.25, 0.3) is 0 Å². The summed E-state index contributed by atoms with van der Waals surface area (Å²) in [5.74, 6) is 0.503. The van der Waals surface area contributed by atoms with Gasteiger partial charge in [-0.05, 0) is 55.5 Å². The number of methoxy groups -OCH3 is 2. The molecular formula is C20H28N2O5. The molecule has 0 aromatic heterocycles. The quantitative estimate of drug-likeness (QED) is 0.847. The van der Waals surface area contributed by atoms with Crippen LogP contribution in [0, 0.1) is 5.41 Å². The molecule has 0 radical (unpaired) electrons. The monoisotopic (exact) mass is 376 g/mol. The van der Waals surface area contributed by atoms with Crippen molar-refractivity contribution in [1.82, 2.24) is 9.80 Å². The fraction of sp³-hybridized carbons (Fsp3) is 0.600. The summed E-state index contributed by atoms with van der Waals surface area (Å²) < 4.78 is 10.7. The Morgan fingerprint density at radius 1 is 1.15 bits per heavy atom. The molecule has 2 saturated heterocycles. The Balaban J connectivity index is 1.64. The second-order valence-corrected chi connectivity index (χ2v) is 7.70. The molecule has 2 heterocycles. The van der Waals surface area contributed by atoms with E-state index in [1.165, 1.54) is 11.8 Å². The molecule has 3 rings (SSSR count). The molecule has 1 spiro atoms. The fourth-order valence-electron chi connectivity index (χ4n) is 4.37. The maximum Gasteiger partial charge on any atom is 0.326 e. The lowest BCUT2D eigenvalue weighted by Crippen LogP contribution is -2.42. The average molecular weight is 376 g/mol. The van der Waals surface area contributed by atoms with Crippen LogP contribution < -0.4 is 9.47 Å². The highest BCUT2D eigenvalue weighted by atomic mass is 16.5. The third-order valence-electron chi connectivity index (χ3n) is 5.93. The number of hydrogen-bond acceptors (Lipinski definition) is 5. The zero-order valence-electron chi connectivity index (χ0n) is 16.2. The predicted molar refractivity (Wildman–Crippen MR) is 99.9 cm³/mol. The van der Waals surface area contributed by atoms with E-state index in [-0.39, 0.29) is 11.3 Å². The number of hydrogen-bond donors (Lipinski definition) is 1. The Labute approximate surface area is 159 Å². The summed E-state index contributed by atoms with van der Waals surface area (Å²) in [6.07, 6.45) is 2.37. The molecule has 1 amide bonds. The van der Waals surface area contributed by atoms with Crippen molar-refractivity contribution < 1.29 is 24.2 Å². The van der Waals surface area contributed by atoms with Gasteiger partial charge in [0.05, 0.1) is 14.2 Å². The number of piperidine rings is 1. The van der Waals surface area contributed by atoms with Crippen molar-refractivity contribution in [3.05, 3.63) is 23.8 Å². The minimum Gasteiger partial charge on any atom is -0.497 e. The van der Waals surface area contributed by atoms with Crippen LogP contribution in [0.1, 0.15) is 31.7 Å². The number of ether oxygens (including phenoxy) is 2. The van der Waals surface area contributed by atoms with E-state index >= 15 is 0 Å². The Morgan fingerprint density at radius 2 is 1.74 bits per heavy atom. The Bertz CT molecular complexity index is 666. The average Bonchev–Trinajstić information content (AvgIpc) is 3.03. The topological polar surface area (TPSA) is 79.3 Å². The van der Waals surface area contributed by atoms with Gasteiger partial charge >= 0.3 is 5.97 Å². The van der Waals surface area contributed by atoms with Crippen LogP contribution in [0.5, 0.6) is 11.5 Å². The second-order valence-electron chi connectivity index (χ2n) is 7.70. The van der Waals surface area contributed by atoms with Gasteiger partial charge in [0.15, 0.2) is 0 Å². The molecule has 7 nitrogen and oxygen atoms in total. The minimum absolute atomic E-state index is 0.0721. The third-order valence-corrected chi connectivity index (χ3v) is 5.93. The van der Waals surface area contributed by atoms with Crippen LogP contribution >= 0.6 is 0 Å². The molecule has 27 heavy (non-hydrogen) atoms. The highest BCUT2D eigenvalue weighted by molar-refractivity contribution is 5.83. The van der Waals surface area contributed by atoms with Crippen LogP contribution in [-0.2, 0) is 16.1 Å². The molecule has 0 saturated carbocycles. The first-order valence-corrected chi connectivity index (χ1v) is 9.30. The maximum atomic E-state index is 11.8. The third kappa shape index (κ3) is 4.18. The first-order chi connectivity index (χ1) is 12.9. The van der Waals surface area contributed by atoms with Gasteiger partial charge in [-0.1, -0.05) is 0 Å². The second kappa shape index (κ2) is 7.76. The number of carboxylic acids is 1. The summed E-state index contributed by atoms with van der Waals surface area (Å²) in [5, 5.41) is 9.46. The Kier molecular flexibility index (Phi) is 5.60. The lowest BCUT2D eigenvalue weighted by atomic mass is 9.76. The standard InChI is InChI=1S/C20H28N2O5/c1-14(23)22-13-20(11-18(22)19(24)25)4-6-21(7-5-20)12-15-8-16(26-2)10-17(9-15)27-3/h8-10,18H,4-7,11-13H2,1-3H3,(H,24,25)/t18-/m0/s1. The molecule has 0 unspecified atom stereocenters. The van der Waals surface area contributed by atoms with Gasteiger partial charge in [-0.25, -0.2) is 4.79 Å². The van der Waals surface area contributed by atoms with Crippen molar-refractivity contribution in [2.75, 3.05) is 33.9 Å². The summed E-state index contributed by atoms with van der Waals surface area (Å²) in [7, 11) is 3.28. The van der Waals surface area contributed by atoms with E-state index in [1.54, 1.807) is 14.2 Å². The highest BCUT2D eigenvalue weighted by Crippen LogP contribution is 2.43. The summed E-state index contributed by atoms with van der Waals surface area (Å²) in [6, 6.07) is 5.20. The van der Waals surface area contributed by atoms with Gasteiger partial charge in [0.2, 0.25) is 5.91 Å². The molecule has 148 valence electrons. The first-order valence-electron chi connectivity index (χ1n) is 9.30. The molecule has 1 aromatic rings. The van der Waals surface area contributed by atoms with E-state index in [0.29, 0.717) is 13.0 Å². The van der Waals surface area contributed by atoms with Crippen LogP contribution in [0.3, 0.4) is 0 Å². The van der Waals surface area contributed by atoms with E-state index in [2.05, 4.69) is 4.90 Å². The number of nitrogens with zero attached hydrogens (tertiary/aromatic N) is 2. The van der Waals surface area contributed by atoms with Gasteiger partial charge in [0.1, 0.15) is 17.5 Å². The van der Waals surface area contributed by atoms with E-state index in [0.717, 1.165) is 49.5 Å². The van der Waals surface area contributed by atoms with Crippen molar-refractivity contribution in [2.24, 2.45) is 5.41 Å². The number of carbonyl (C=O) groups is 2. The van der Waals surface area contributed by atoms with Gasteiger partial charge < -0.3 is 19.5 Å². The number of amides is 1. The molecule has 2 aliphatic heterocycles. The number of carboxylic acid groups (broad SMARTS) is 1. The molecule has 1 atom stereocenters. The SMILES string of the molecule is COc1cc(CN2CCC3(CC2)C[C@@H](C(=O)O)N(C(C)=O)C3)cc(OC)c1. The molecule has 2 aliphatic rings. The zero-order valence-corrected chi connectivity index (χ0v) is 16.2. The highest BCUT2D eigenvalue weighted by Gasteiger charge is 2.49. The van der Waals surface area contributed by atoms with Crippen molar-refractivity contribution >= 4 is 11.9 Å². The van der Waals surface area contributed by atoms with Crippen LogP contribution in [0.4, 0.5) is 0 Å².